The molecule has 3 unspecified atom stereocenters. The summed E-state index contributed by atoms with van der Waals surface area (Å²) < 4.78 is 10.8. The number of carbonyl (C=O) groups is 2. The average Bonchev–Trinajstić information content (AvgIpc) is 2.97. The Bertz CT molecular complexity index is 1140. The smallest absolute Gasteiger partial charge is 0.407 e. The molecular formula is C34H44N2O4S. The summed E-state index contributed by atoms with van der Waals surface area (Å²) in [4.78, 5) is 26.0. The van der Waals surface area contributed by atoms with Crippen molar-refractivity contribution in [2.24, 2.45) is 5.92 Å². The number of carbonyl (C=O) groups excluding carboxylic acids is 2. The third kappa shape index (κ3) is 8.37. The van der Waals surface area contributed by atoms with Gasteiger partial charge >= 0.3 is 12.1 Å². The van der Waals surface area contributed by atoms with Crippen LogP contribution < -0.4 is 10.6 Å². The fourth-order valence-corrected chi connectivity index (χ4v) is 5.52. The van der Waals surface area contributed by atoms with E-state index in [2.05, 4.69) is 47.0 Å². The summed E-state index contributed by atoms with van der Waals surface area (Å²) in [6.45, 7) is 9.51. The monoisotopic (exact) mass is 576 g/mol. The summed E-state index contributed by atoms with van der Waals surface area (Å²) in [5.41, 5.74) is 1.86. The van der Waals surface area contributed by atoms with Gasteiger partial charge in [0.25, 0.3) is 0 Å². The van der Waals surface area contributed by atoms with Gasteiger partial charge in [0.15, 0.2) is 0 Å². The molecule has 7 heteroatoms. The Morgan fingerprint density at radius 1 is 0.829 bits per heavy atom. The van der Waals surface area contributed by atoms with Crippen molar-refractivity contribution in [1.82, 2.24) is 10.6 Å². The molecule has 2 N–H and O–H groups in total. The first kappa shape index (κ1) is 32.2. The van der Waals surface area contributed by atoms with Gasteiger partial charge in [-0.15, -0.1) is 0 Å². The van der Waals surface area contributed by atoms with Crippen LogP contribution in [-0.4, -0.2) is 42.2 Å². The third-order valence-corrected chi connectivity index (χ3v) is 7.94. The van der Waals surface area contributed by atoms with Crippen LogP contribution in [0.3, 0.4) is 0 Å². The number of esters is 1. The van der Waals surface area contributed by atoms with Crippen LogP contribution in [-0.2, 0) is 19.7 Å². The lowest BCUT2D eigenvalue weighted by Gasteiger charge is -2.41. The third-order valence-electron chi connectivity index (χ3n) is 7.43. The number of amides is 1. The van der Waals surface area contributed by atoms with Crippen LogP contribution in [0.5, 0.6) is 0 Å². The number of nitrogens with one attached hydrogen (secondary N) is 2. The highest BCUT2D eigenvalue weighted by Crippen LogP contribution is 2.43. The predicted molar refractivity (Wildman–Crippen MR) is 168 cm³/mol. The molecule has 0 aliphatic carbocycles. The van der Waals surface area contributed by atoms with E-state index >= 15 is 0 Å². The maximum atomic E-state index is 13.2. The molecule has 0 heterocycles. The number of methoxy groups -OCH3 is 1. The molecule has 0 radical (unpaired) electrons. The first-order chi connectivity index (χ1) is 19.5. The normalized spacial score (nSPS) is 14.8. The number of thiol groups is 1. The van der Waals surface area contributed by atoms with Gasteiger partial charge in [-0.3, -0.25) is 10.1 Å². The minimum Gasteiger partial charge on any atom is -0.468 e. The fourth-order valence-electron chi connectivity index (χ4n) is 5.18. The summed E-state index contributed by atoms with van der Waals surface area (Å²) in [5.74, 6) is -0.378. The van der Waals surface area contributed by atoms with Crippen molar-refractivity contribution in [3.8, 4) is 0 Å². The summed E-state index contributed by atoms with van der Waals surface area (Å²) in [5, 5.41) is 5.87. The molecule has 0 fully saturated rings. The zero-order chi connectivity index (χ0) is 30.0. The largest absolute Gasteiger partial charge is 0.468 e. The molecule has 0 aliphatic heterocycles. The van der Waals surface area contributed by atoms with Gasteiger partial charge in [0.2, 0.25) is 0 Å². The molecule has 41 heavy (non-hydrogen) atoms. The van der Waals surface area contributed by atoms with Gasteiger partial charge in [-0.1, -0.05) is 111 Å². The van der Waals surface area contributed by atoms with Crippen molar-refractivity contribution in [2.75, 3.05) is 7.11 Å². The minimum atomic E-state index is -0.686. The van der Waals surface area contributed by atoms with Crippen LogP contribution in [0.4, 0.5) is 4.79 Å². The Hall–Kier alpha value is -3.29. The molecule has 0 saturated heterocycles. The maximum absolute atomic E-state index is 13.2. The first-order valence-corrected chi connectivity index (χ1v) is 14.7. The van der Waals surface area contributed by atoms with E-state index in [9.17, 15) is 9.59 Å². The van der Waals surface area contributed by atoms with Crippen molar-refractivity contribution >= 4 is 24.7 Å². The predicted octanol–water partition coefficient (Wildman–Crippen LogP) is 6.74. The van der Waals surface area contributed by atoms with Gasteiger partial charge in [-0.2, -0.15) is 12.6 Å². The van der Waals surface area contributed by atoms with E-state index in [0.29, 0.717) is 6.42 Å². The summed E-state index contributed by atoms with van der Waals surface area (Å²) in [6, 6.07) is 29.7. The van der Waals surface area contributed by atoms with Crippen molar-refractivity contribution in [3.05, 3.63) is 108 Å². The molecule has 0 spiro atoms. The zero-order valence-corrected chi connectivity index (χ0v) is 25.9. The van der Waals surface area contributed by atoms with E-state index in [1.165, 1.54) is 7.11 Å². The van der Waals surface area contributed by atoms with Crippen LogP contribution in [0.15, 0.2) is 91.0 Å². The van der Waals surface area contributed by atoms with E-state index in [4.69, 9.17) is 22.1 Å². The average molecular weight is 577 g/mol. The van der Waals surface area contributed by atoms with E-state index < -0.39 is 34.6 Å². The number of alkyl carbamates (subject to hydrolysis) is 1. The van der Waals surface area contributed by atoms with E-state index in [0.717, 1.165) is 23.1 Å². The van der Waals surface area contributed by atoms with Crippen LogP contribution in [0.25, 0.3) is 0 Å². The number of benzene rings is 3. The Labute approximate surface area is 250 Å². The number of rotatable bonds is 12. The Morgan fingerprint density at radius 3 is 1.63 bits per heavy atom. The molecule has 3 aromatic carbocycles. The number of ether oxygens (including phenoxy) is 2. The molecule has 1 amide bonds. The highest BCUT2D eigenvalue weighted by Gasteiger charge is 2.42. The van der Waals surface area contributed by atoms with Crippen molar-refractivity contribution in [2.45, 2.75) is 75.9 Å². The molecule has 3 rings (SSSR count). The molecular weight excluding hydrogens is 532 g/mol. The maximum Gasteiger partial charge on any atom is 0.407 e. The van der Waals surface area contributed by atoms with E-state index in [1.54, 1.807) is 0 Å². The summed E-state index contributed by atoms with van der Waals surface area (Å²) in [6.07, 6.45) is 0.642. The van der Waals surface area contributed by atoms with E-state index in [-0.39, 0.29) is 11.9 Å². The molecule has 0 aromatic heterocycles. The molecule has 6 nitrogen and oxygen atoms in total. The number of hydrogen-bond acceptors (Lipinski definition) is 6. The Kier molecular flexibility index (Phi) is 11.4. The van der Waals surface area contributed by atoms with Crippen LogP contribution in [0.2, 0.25) is 0 Å². The number of hydrogen-bond donors (Lipinski definition) is 3. The molecule has 3 aromatic rings. The molecule has 4 atom stereocenters. The zero-order valence-electron chi connectivity index (χ0n) is 25.0. The first-order valence-electron chi connectivity index (χ1n) is 14.2. The Balaban J connectivity index is 2.18. The highest BCUT2D eigenvalue weighted by atomic mass is 32.1. The minimum absolute atomic E-state index is 0.0126. The van der Waals surface area contributed by atoms with Crippen molar-refractivity contribution in [3.63, 3.8) is 0 Å². The van der Waals surface area contributed by atoms with Gasteiger partial charge in [-0.05, 0) is 49.8 Å². The van der Waals surface area contributed by atoms with Gasteiger partial charge in [0, 0.05) is 5.41 Å². The van der Waals surface area contributed by atoms with E-state index in [1.807, 2.05) is 89.2 Å². The highest BCUT2D eigenvalue weighted by molar-refractivity contribution is 7.81. The lowest BCUT2D eigenvalue weighted by atomic mass is 9.66. The lowest BCUT2D eigenvalue weighted by molar-refractivity contribution is -0.144. The van der Waals surface area contributed by atoms with Crippen LogP contribution in [0.1, 0.15) is 64.2 Å². The lowest BCUT2D eigenvalue weighted by Crippen LogP contribution is -2.56. The van der Waals surface area contributed by atoms with Gasteiger partial charge < -0.3 is 14.8 Å². The quantitative estimate of drug-likeness (QED) is 0.0964. The van der Waals surface area contributed by atoms with Gasteiger partial charge in [0.05, 0.1) is 18.5 Å². The van der Waals surface area contributed by atoms with Crippen molar-refractivity contribution in [1.29, 1.82) is 0 Å². The molecule has 0 aliphatic rings. The second kappa shape index (κ2) is 14.6. The van der Waals surface area contributed by atoms with Gasteiger partial charge in [0.1, 0.15) is 11.6 Å². The Morgan fingerprint density at radius 2 is 1.27 bits per heavy atom. The standard InChI is InChI=1S/C34H44N2O4S/c1-7-24(2)29(31(37)39-6)36-30(41)28(35-32(38)40-33(3,4)5)23-34(25-17-11-8-12-18-25,26-19-13-9-14-20-26)27-21-15-10-16-22-27/h8-22,24,28-30,36,41H,7,23H2,1-6H3,(H,35,38)/t24?,28?,29-,30?/m0/s1. The fraction of sp³-hybridized carbons (Fsp3) is 0.412. The topological polar surface area (TPSA) is 76.7 Å². The molecule has 0 bridgehead atoms. The van der Waals surface area contributed by atoms with Gasteiger partial charge in [-0.25, -0.2) is 4.79 Å². The second-order valence-electron chi connectivity index (χ2n) is 11.5. The summed E-state index contributed by atoms with van der Waals surface area (Å²) >= 11 is 4.98. The molecule has 0 saturated carbocycles. The van der Waals surface area contributed by atoms with Crippen LogP contribution >= 0.6 is 12.6 Å². The van der Waals surface area contributed by atoms with Crippen LogP contribution in [0, 0.1) is 5.92 Å². The van der Waals surface area contributed by atoms with Crippen molar-refractivity contribution < 1.29 is 19.1 Å². The second-order valence-corrected chi connectivity index (χ2v) is 12.0. The summed E-state index contributed by atoms with van der Waals surface area (Å²) in [7, 11) is 1.38. The SMILES string of the molecule is CCC(C)[C@H](NC(S)C(CC(c1ccccc1)(c1ccccc1)c1ccccc1)NC(=O)OC(C)(C)C)C(=O)OC. The molecule has 220 valence electrons.